The molecule has 0 saturated carbocycles. The summed E-state index contributed by atoms with van der Waals surface area (Å²) >= 11 is 0. The van der Waals surface area contributed by atoms with Crippen LogP contribution in [-0.2, 0) is 22.5 Å². The second-order valence-electron chi connectivity index (χ2n) is 6.15. The van der Waals surface area contributed by atoms with Gasteiger partial charge < -0.3 is 10.1 Å². The predicted molar refractivity (Wildman–Crippen MR) is 95.3 cm³/mol. The molecule has 0 spiro atoms. The van der Waals surface area contributed by atoms with Gasteiger partial charge in [0.25, 0.3) is 5.56 Å². The Morgan fingerprint density at radius 3 is 2.84 bits per heavy atom. The number of aromatic nitrogens is 2. The van der Waals surface area contributed by atoms with Gasteiger partial charge in [-0.3, -0.25) is 14.2 Å². The standard InChI is InChI=1S/C19H23N3O3/c1-2-15-11-18(24)22(19(21-15)14-7-4-3-5-8-14)13-17(23)20-12-16-9-6-10-25-16/h3-5,7-8,11,16H,2,6,9-10,12-13H2,1H3,(H,20,23). The topological polar surface area (TPSA) is 73.2 Å². The first-order chi connectivity index (χ1) is 12.2. The van der Waals surface area contributed by atoms with Gasteiger partial charge in [-0.25, -0.2) is 4.98 Å². The van der Waals surface area contributed by atoms with E-state index in [0.717, 1.165) is 30.7 Å². The van der Waals surface area contributed by atoms with E-state index in [1.165, 1.54) is 10.6 Å². The van der Waals surface area contributed by atoms with Crippen LogP contribution in [0.5, 0.6) is 0 Å². The van der Waals surface area contributed by atoms with Crippen LogP contribution in [0.15, 0.2) is 41.2 Å². The van der Waals surface area contributed by atoms with Gasteiger partial charge in [0.15, 0.2) is 0 Å². The van der Waals surface area contributed by atoms with E-state index in [1.807, 2.05) is 37.3 Å². The quantitative estimate of drug-likeness (QED) is 0.869. The van der Waals surface area contributed by atoms with E-state index in [9.17, 15) is 9.59 Å². The minimum atomic E-state index is -0.210. The van der Waals surface area contributed by atoms with E-state index in [1.54, 1.807) is 0 Å². The molecule has 1 fully saturated rings. The largest absolute Gasteiger partial charge is 0.376 e. The van der Waals surface area contributed by atoms with Gasteiger partial charge in [0, 0.05) is 30.5 Å². The molecule has 0 aliphatic carbocycles. The van der Waals surface area contributed by atoms with Crippen molar-refractivity contribution in [3.8, 4) is 11.4 Å². The number of ether oxygens (including phenoxy) is 1. The number of benzene rings is 1. The van der Waals surface area contributed by atoms with Crippen molar-refractivity contribution in [3.63, 3.8) is 0 Å². The highest BCUT2D eigenvalue weighted by Crippen LogP contribution is 2.16. The molecule has 1 aromatic heterocycles. The van der Waals surface area contributed by atoms with Crippen LogP contribution < -0.4 is 10.9 Å². The Balaban J connectivity index is 1.81. The zero-order chi connectivity index (χ0) is 17.6. The summed E-state index contributed by atoms with van der Waals surface area (Å²) in [5.41, 5.74) is 1.33. The molecule has 1 N–H and O–H groups in total. The summed E-state index contributed by atoms with van der Waals surface area (Å²) in [4.78, 5) is 29.4. The van der Waals surface area contributed by atoms with Gasteiger partial charge in [0.1, 0.15) is 12.4 Å². The average molecular weight is 341 g/mol. The van der Waals surface area contributed by atoms with Crippen LogP contribution in [0.4, 0.5) is 0 Å². The number of amides is 1. The van der Waals surface area contributed by atoms with E-state index in [-0.39, 0.29) is 24.1 Å². The number of nitrogens with one attached hydrogen (secondary N) is 1. The number of nitrogens with zero attached hydrogens (tertiary/aromatic N) is 2. The van der Waals surface area contributed by atoms with E-state index < -0.39 is 0 Å². The van der Waals surface area contributed by atoms with Crippen LogP contribution in [0.1, 0.15) is 25.5 Å². The van der Waals surface area contributed by atoms with E-state index in [0.29, 0.717) is 18.8 Å². The first-order valence-corrected chi connectivity index (χ1v) is 8.72. The van der Waals surface area contributed by atoms with E-state index in [4.69, 9.17) is 4.74 Å². The molecule has 1 aromatic carbocycles. The maximum absolute atomic E-state index is 12.5. The Morgan fingerprint density at radius 2 is 2.16 bits per heavy atom. The third kappa shape index (κ3) is 4.33. The van der Waals surface area contributed by atoms with Crippen molar-refractivity contribution >= 4 is 5.91 Å². The molecule has 1 unspecified atom stereocenters. The lowest BCUT2D eigenvalue weighted by Gasteiger charge is -2.15. The smallest absolute Gasteiger partial charge is 0.254 e. The van der Waals surface area contributed by atoms with Gasteiger partial charge in [0.2, 0.25) is 5.91 Å². The van der Waals surface area contributed by atoms with Crippen molar-refractivity contribution in [2.45, 2.75) is 38.8 Å². The molecule has 1 aliphatic heterocycles. The third-order valence-electron chi connectivity index (χ3n) is 4.31. The van der Waals surface area contributed by atoms with Crippen molar-refractivity contribution in [1.29, 1.82) is 0 Å². The zero-order valence-corrected chi connectivity index (χ0v) is 14.4. The third-order valence-corrected chi connectivity index (χ3v) is 4.31. The second kappa shape index (κ2) is 8.07. The summed E-state index contributed by atoms with van der Waals surface area (Å²) < 4.78 is 6.93. The molecule has 1 aliphatic rings. The van der Waals surface area contributed by atoms with Gasteiger partial charge in [-0.15, -0.1) is 0 Å². The summed E-state index contributed by atoms with van der Waals surface area (Å²) in [5, 5.41) is 2.86. The van der Waals surface area contributed by atoms with Crippen molar-refractivity contribution in [2.24, 2.45) is 0 Å². The average Bonchev–Trinajstić information content (AvgIpc) is 3.16. The highest BCUT2D eigenvalue weighted by molar-refractivity contribution is 5.76. The lowest BCUT2D eigenvalue weighted by atomic mass is 10.2. The van der Waals surface area contributed by atoms with Gasteiger partial charge in [0.05, 0.1) is 6.10 Å². The Kier molecular flexibility index (Phi) is 5.60. The maximum Gasteiger partial charge on any atom is 0.254 e. The molecule has 0 radical (unpaired) electrons. The van der Waals surface area contributed by atoms with Crippen LogP contribution in [0.3, 0.4) is 0 Å². The molecule has 0 bridgehead atoms. The molecule has 3 rings (SSSR count). The minimum absolute atomic E-state index is 0.0488. The lowest BCUT2D eigenvalue weighted by Crippen LogP contribution is -2.37. The number of hydrogen-bond acceptors (Lipinski definition) is 4. The van der Waals surface area contributed by atoms with Crippen molar-refractivity contribution in [2.75, 3.05) is 13.2 Å². The number of carbonyl (C=O) groups is 1. The zero-order valence-electron chi connectivity index (χ0n) is 14.4. The number of aryl methyl sites for hydroxylation is 1. The first-order valence-electron chi connectivity index (χ1n) is 8.72. The SMILES string of the molecule is CCc1cc(=O)n(CC(=O)NCC2CCCO2)c(-c2ccccc2)n1. The Morgan fingerprint density at radius 1 is 1.36 bits per heavy atom. The highest BCUT2D eigenvalue weighted by Gasteiger charge is 2.18. The first kappa shape index (κ1) is 17.4. The fraction of sp³-hybridized carbons (Fsp3) is 0.421. The number of rotatable bonds is 6. The molecular formula is C19H23N3O3. The molecule has 6 nitrogen and oxygen atoms in total. The monoisotopic (exact) mass is 341 g/mol. The molecule has 6 heteroatoms. The molecule has 1 amide bonds. The van der Waals surface area contributed by atoms with Crippen LogP contribution in [0, 0.1) is 0 Å². The molecule has 2 heterocycles. The summed E-state index contributed by atoms with van der Waals surface area (Å²) in [6.07, 6.45) is 2.74. The van der Waals surface area contributed by atoms with Crippen LogP contribution in [0.2, 0.25) is 0 Å². The normalized spacial score (nSPS) is 16.8. The molecule has 1 atom stereocenters. The molecule has 2 aromatic rings. The second-order valence-corrected chi connectivity index (χ2v) is 6.15. The van der Waals surface area contributed by atoms with Gasteiger partial charge >= 0.3 is 0 Å². The van der Waals surface area contributed by atoms with Gasteiger partial charge in [-0.05, 0) is 19.3 Å². The molecule has 132 valence electrons. The molecule has 1 saturated heterocycles. The van der Waals surface area contributed by atoms with E-state index in [2.05, 4.69) is 10.3 Å². The van der Waals surface area contributed by atoms with Crippen molar-refractivity contribution < 1.29 is 9.53 Å². The van der Waals surface area contributed by atoms with Gasteiger partial charge in [-0.2, -0.15) is 0 Å². The van der Waals surface area contributed by atoms with Gasteiger partial charge in [-0.1, -0.05) is 37.3 Å². The Bertz CT molecular complexity index is 780. The fourth-order valence-electron chi connectivity index (χ4n) is 2.93. The van der Waals surface area contributed by atoms with Crippen molar-refractivity contribution in [1.82, 2.24) is 14.9 Å². The summed E-state index contributed by atoms with van der Waals surface area (Å²) in [7, 11) is 0. The highest BCUT2D eigenvalue weighted by atomic mass is 16.5. The Hall–Kier alpha value is -2.47. The molecular weight excluding hydrogens is 318 g/mol. The van der Waals surface area contributed by atoms with E-state index >= 15 is 0 Å². The predicted octanol–water partition coefficient (Wildman–Crippen LogP) is 1.77. The number of carbonyl (C=O) groups excluding carboxylic acids is 1. The van der Waals surface area contributed by atoms with Crippen LogP contribution in [0.25, 0.3) is 11.4 Å². The maximum atomic E-state index is 12.5. The number of hydrogen-bond donors (Lipinski definition) is 1. The lowest BCUT2D eigenvalue weighted by molar-refractivity contribution is -0.122. The fourth-order valence-corrected chi connectivity index (χ4v) is 2.93. The summed E-state index contributed by atoms with van der Waals surface area (Å²) in [5.74, 6) is 0.318. The molecule has 25 heavy (non-hydrogen) atoms. The summed E-state index contributed by atoms with van der Waals surface area (Å²) in [6, 6.07) is 11.0. The summed E-state index contributed by atoms with van der Waals surface area (Å²) in [6.45, 7) is 3.14. The minimum Gasteiger partial charge on any atom is -0.376 e. The Labute approximate surface area is 146 Å². The van der Waals surface area contributed by atoms with Crippen LogP contribution >= 0.6 is 0 Å². The van der Waals surface area contributed by atoms with Crippen molar-refractivity contribution in [3.05, 3.63) is 52.4 Å². The van der Waals surface area contributed by atoms with Crippen LogP contribution in [-0.4, -0.2) is 34.7 Å².